The number of hydrogen-bond acceptors (Lipinski definition) is 7. The summed E-state index contributed by atoms with van der Waals surface area (Å²) in [5, 5.41) is 5.53. The fraction of sp³-hybridized carbons (Fsp3) is 0.882. The van der Waals surface area contributed by atoms with Crippen LogP contribution in [0, 0.1) is 0 Å². The molecule has 0 aliphatic carbocycles. The standard InChI is InChI=1S/C17H26N2O7/c1-8-14(21)19-17(6-10(20)18-8)13-12(24-16(4,5)26-13)11(25-17)9-7-22-15(2,3)23-9/h8-9,11-13H,6-7H2,1-5H3,(H,18,20)(H,19,21)/t8-,9+,11+,12-,13-,17-/m0/s1. The van der Waals surface area contributed by atoms with E-state index in [1.54, 1.807) is 20.8 Å². The molecule has 0 aromatic rings. The Labute approximate surface area is 152 Å². The molecular formula is C17H26N2O7. The Morgan fingerprint density at radius 3 is 2.35 bits per heavy atom. The highest BCUT2D eigenvalue weighted by atomic mass is 16.8. The van der Waals surface area contributed by atoms with Gasteiger partial charge in [-0.15, -0.1) is 0 Å². The summed E-state index contributed by atoms with van der Waals surface area (Å²) in [5.41, 5.74) is -1.30. The second-order valence-electron chi connectivity index (χ2n) is 8.32. The molecule has 4 aliphatic rings. The number of amides is 2. The lowest BCUT2D eigenvalue weighted by atomic mass is 9.97. The second-order valence-corrected chi connectivity index (χ2v) is 8.32. The molecule has 0 radical (unpaired) electrons. The zero-order valence-electron chi connectivity index (χ0n) is 15.7. The van der Waals surface area contributed by atoms with Crippen molar-refractivity contribution in [3.63, 3.8) is 0 Å². The van der Waals surface area contributed by atoms with Gasteiger partial charge in [-0.1, -0.05) is 0 Å². The average Bonchev–Trinajstić information content (AvgIpc) is 3.07. The van der Waals surface area contributed by atoms with Crippen LogP contribution in [-0.4, -0.2) is 66.2 Å². The van der Waals surface area contributed by atoms with Crippen molar-refractivity contribution in [1.82, 2.24) is 10.6 Å². The van der Waals surface area contributed by atoms with Crippen LogP contribution in [0.1, 0.15) is 41.0 Å². The molecule has 6 atom stereocenters. The smallest absolute Gasteiger partial charge is 0.244 e. The van der Waals surface area contributed by atoms with E-state index in [0.717, 1.165) is 0 Å². The number of carbonyl (C=O) groups is 2. The van der Waals surface area contributed by atoms with E-state index in [9.17, 15) is 9.59 Å². The van der Waals surface area contributed by atoms with E-state index in [1.807, 2.05) is 13.8 Å². The van der Waals surface area contributed by atoms with Crippen LogP contribution in [0.3, 0.4) is 0 Å². The maximum Gasteiger partial charge on any atom is 0.244 e. The van der Waals surface area contributed by atoms with Gasteiger partial charge in [0.15, 0.2) is 17.3 Å². The maximum absolute atomic E-state index is 12.4. The molecule has 4 heterocycles. The highest BCUT2D eigenvalue weighted by molar-refractivity contribution is 5.90. The van der Waals surface area contributed by atoms with Gasteiger partial charge in [-0.3, -0.25) is 9.59 Å². The van der Waals surface area contributed by atoms with Crippen molar-refractivity contribution in [2.45, 2.75) is 88.8 Å². The molecule has 0 aromatic carbocycles. The van der Waals surface area contributed by atoms with Crippen molar-refractivity contribution in [2.24, 2.45) is 0 Å². The Balaban J connectivity index is 1.67. The van der Waals surface area contributed by atoms with E-state index in [0.29, 0.717) is 6.61 Å². The predicted molar refractivity (Wildman–Crippen MR) is 86.7 cm³/mol. The Hall–Kier alpha value is -1.26. The minimum atomic E-state index is -1.30. The first-order valence-corrected chi connectivity index (χ1v) is 8.97. The SMILES string of the molecule is C[C@@H]1NC(=O)C[C@]2(NC1=O)O[C@H]([C@H]1COC(C)(C)O1)[C@@H]1OC(C)(C)O[C@@H]12. The van der Waals surface area contributed by atoms with E-state index in [2.05, 4.69) is 10.6 Å². The second kappa shape index (κ2) is 5.62. The summed E-state index contributed by atoms with van der Waals surface area (Å²) in [6.07, 6.45) is -2.11. The van der Waals surface area contributed by atoms with E-state index < -0.39 is 47.8 Å². The zero-order chi connectivity index (χ0) is 18.9. The molecule has 4 rings (SSSR count). The molecule has 26 heavy (non-hydrogen) atoms. The van der Waals surface area contributed by atoms with Gasteiger partial charge in [-0.2, -0.15) is 0 Å². The van der Waals surface area contributed by atoms with Gasteiger partial charge in [-0.25, -0.2) is 0 Å². The van der Waals surface area contributed by atoms with E-state index in [1.165, 1.54) is 0 Å². The van der Waals surface area contributed by atoms with Gasteiger partial charge < -0.3 is 34.3 Å². The summed E-state index contributed by atoms with van der Waals surface area (Å²) in [4.78, 5) is 24.8. The van der Waals surface area contributed by atoms with Crippen LogP contribution in [0.4, 0.5) is 0 Å². The van der Waals surface area contributed by atoms with Crippen LogP contribution in [0.15, 0.2) is 0 Å². The first-order valence-electron chi connectivity index (χ1n) is 8.97. The molecule has 0 saturated carbocycles. The van der Waals surface area contributed by atoms with Crippen LogP contribution in [0.25, 0.3) is 0 Å². The van der Waals surface area contributed by atoms with Crippen molar-refractivity contribution in [3.05, 3.63) is 0 Å². The van der Waals surface area contributed by atoms with E-state index in [-0.39, 0.29) is 18.2 Å². The summed E-state index contributed by atoms with van der Waals surface area (Å²) in [6, 6.07) is -0.650. The third-order valence-corrected chi connectivity index (χ3v) is 5.18. The van der Waals surface area contributed by atoms with Gasteiger partial charge in [0.25, 0.3) is 0 Å². The Bertz CT molecular complexity index is 637. The van der Waals surface area contributed by atoms with Crippen LogP contribution in [0.2, 0.25) is 0 Å². The Kier molecular flexibility index (Phi) is 3.92. The van der Waals surface area contributed by atoms with Crippen molar-refractivity contribution in [2.75, 3.05) is 6.61 Å². The molecule has 2 amide bonds. The zero-order valence-corrected chi connectivity index (χ0v) is 15.7. The fourth-order valence-corrected chi connectivity index (χ4v) is 4.13. The van der Waals surface area contributed by atoms with Crippen molar-refractivity contribution < 1.29 is 33.3 Å². The number of carbonyl (C=O) groups excluding carboxylic acids is 2. The highest BCUT2D eigenvalue weighted by Crippen LogP contribution is 2.47. The van der Waals surface area contributed by atoms with E-state index in [4.69, 9.17) is 23.7 Å². The molecular weight excluding hydrogens is 344 g/mol. The number of hydrogen-bond donors (Lipinski definition) is 2. The van der Waals surface area contributed by atoms with Gasteiger partial charge in [0.05, 0.1) is 13.0 Å². The summed E-state index contributed by atoms with van der Waals surface area (Å²) in [5.74, 6) is -2.20. The lowest BCUT2D eigenvalue weighted by Gasteiger charge is -2.34. The monoisotopic (exact) mass is 370 g/mol. The summed E-state index contributed by atoms with van der Waals surface area (Å²) in [7, 11) is 0. The lowest BCUT2D eigenvalue weighted by molar-refractivity contribution is -0.233. The summed E-state index contributed by atoms with van der Waals surface area (Å²) < 4.78 is 30.0. The third kappa shape index (κ3) is 2.91. The Morgan fingerprint density at radius 2 is 1.69 bits per heavy atom. The van der Waals surface area contributed by atoms with Crippen molar-refractivity contribution in [3.8, 4) is 0 Å². The van der Waals surface area contributed by atoms with Crippen LogP contribution in [0.5, 0.6) is 0 Å². The number of rotatable bonds is 1. The van der Waals surface area contributed by atoms with Crippen molar-refractivity contribution >= 4 is 11.8 Å². The van der Waals surface area contributed by atoms with Gasteiger partial charge in [0.1, 0.15) is 30.5 Å². The summed E-state index contributed by atoms with van der Waals surface area (Å²) >= 11 is 0. The minimum absolute atomic E-state index is 0.0584. The van der Waals surface area contributed by atoms with Crippen LogP contribution < -0.4 is 10.6 Å². The van der Waals surface area contributed by atoms with Gasteiger partial charge >= 0.3 is 0 Å². The van der Waals surface area contributed by atoms with Crippen LogP contribution >= 0.6 is 0 Å². The van der Waals surface area contributed by atoms with Gasteiger partial charge in [0, 0.05) is 0 Å². The normalized spacial score (nSPS) is 46.7. The third-order valence-electron chi connectivity index (χ3n) is 5.18. The molecule has 9 heteroatoms. The lowest BCUT2D eigenvalue weighted by Crippen LogP contribution is -2.58. The maximum atomic E-state index is 12.4. The summed E-state index contributed by atoms with van der Waals surface area (Å²) in [6.45, 7) is 9.21. The van der Waals surface area contributed by atoms with Crippen LogP contribution in [-0.2, 0) is 33.3 Å². The van der Waals surface area contributed by atoms with Crippen molar-refractivity contribution in [1.29, 1.82) is 0 Å². The van der Waals surface area contributed by atoms with Gasteiger partial charge in [0.2, 0.25) is 11.8 Å². The molecule has 0 bridgehead atoms. The highest BCUT2D eigenvalue weighted by Gasteiger charge is 2.67. The van der Waals surface area contributed by atoms with Gasteiger partial charge in [-0.05, 0) is 34.6 Å². The largest absolute Gasteiger partial charge is 0.348 e. The number of fused-ring (bicyclic) bond motifs is 2. The molecule has 146 valence electrons. The molecule has 4 aliphatic heterocycles. The average molecular weight is 370 g/mol. The first-order chi connectivity index (χ1) is 12.0. The van der Waals surface area contributed by atoms with E-state index >= 15 is 0 Å². The first kappa shape index (κ1) is 18.1. The number of ether oxygens (including phenoxy) is 5. The minimum Gasteiger partial charge on any atom is -0.348 e. The number of nitrogens with one attached hydrogen (secondary N) is 2. The molecule has 2 N–H and O–H groups in total. The predicted octanol–water partition coefficient (Wildman–Crippen LogP) is -0.222. The molecule has 0 aromatic heterocycles. The quantitative estimate of drug-likeness (QED) is 0.657. The Morgan fingerprint density at radius 1 is 0.962 bits per heavy atom. The molecule has 9 nitrogen and oxygen atoms in total. The molecule has 0 unspecified atom stereocenters. The molecule has 1 spiro atoms. The fourth-order valence-electron chi connectivity index (χ4n) is 4.13. The molecule has 4 saturated heterocycles. The molecule has 4 fully saturated rings. The topological polar surface area (TPSA) is 104 Å².